The summed E-state index contributed by atoms with van der Waals surface area (Å²) in [4.78, 5) is 4.04. The number of benzene rings is 1. The van der Waals surface area contributed by atoms with E-state index < -0.39 is 11.4 Å². The first-order chi connectivity index (χ1) is 8.96. The van der Waals surface area contributed by atoms with Crippen molar-refractivity contribution in [2.24, 2.45) is 0 Å². The molecule has 0 spiro atoms. The van der Waals surface area contributed by atoms with Crippen LogP contribution in [0.5, 0.6) is 5.75 Å². The van der Waals surface area contributed by atoms with Crippen molar-refractivity contribution in [3.05, 3.63) is 59.2 Å². The number of ether oxygens (including phenoxy) is 1. The van der Waals surface area contributed by atoms with Crippen LogP contribution < -0.4 is 4.74 Å². The molecule has 4 heteroatoms. The van der Waals surface area contributed by atoms with Gasteiger partial charge in [0.1, 0.15) is 17.2 Å². The fourth-order valence-corrected chi connectivity index (χ4v) is 2.11. The monoisotopic (exact) mass is 261 g/mol. The number of pyridine rings is 1. The van der Waals surface area contributed by atoms with Gasteiger partial charge in [0.15, 0.2) is 0 Å². The zero-order chi connectivity index (χ0) is 14.0. The maximum absolute atomic E-state index is 14.1. The van der Waals surface area contributed by atoms with Crippen molar-refractivity contribution >= 4 is 0 Å². The van der Waals surface area contributed by atoms with Crippen molar-refractivity contribution in [1.82, 2.24) is 4.98 Å². The Morgan fingerprint density at radius 1 is 1.32 bits per heavy atom. The molecule has 0 aliphatic rings. The van der Waals surface area contributed by atoms with Gasteiger partial charge >= 0.3 is 0 Å². The van der Waals surface area contributed by atoms with Crippen LogP contribution in [0.25, 0.3) is 0 Å². The van der Waals surface area contributed by atoms with Crippen LogP contribution >= 0.6 is 0 Å². The van der Waals surface area contributed by atoms with Crippen LogP contribution in [0.15, 0.2) is 36.7 Å². The van der Waals surface area contributed by atoms with Gasteiger partial charge in [-0.05, 0) is 37.6 Å². The van der Waals surface area contributed by atoms with Crippen LogP contribution in [-0.2, 0) is 5.60 Å². The number of methoxy groups -OCH3 is 1. The molecule has 3 nitrogen and oxygen atoms in total. The average molecular weight is 261 g/mol. The van der Waals surface area contributed by atoms with Crippen LogP contribution in [0.2, 0.25) is 0 Å². The molecule has 0 fully saturated rings. The molecule has 0 radical (unpaired) electrons. The molecule has 0 saturated carbocycles. The highest BCUT2D eigenvalue weighted by molar-refractivity contribution is 5.44. The van der Waals surface area contributed by atoms with Crippen molar-refractivity contribution in [3.8, 4) is 5.75 Å². The van der Waals surface area contributed by atoms with Gasteiger partial charge in [0.25, 0.3) is 0 Å². The lowest BCUT2D eigenvalue weighted by atomic mass is 9.87. The number of hydrogen-bond donors (Lipinski definition) is 1. The highest BCUT2D eigenvalue weighted by Crippen LogP contribution is 2.37. The molecule has 1 heterocycles. The maximum Gasteiger partial charge on any atom is 0.133 e. The highest BCUT2D eigenvalue weighted by atomic mass is 19.1. The Morgan fingerprint density at radius 3 is 2.68 bits per heavy atom. The second-order valence-corrected chi connectivity index (χ2v) is 4.64. The number of hydrogen-bond acceptors (Lipinski definition) is 3. The summed E-state index contributed by atoms with van der Waals surface area (Å²) >= 11 is 0. The minimum absolute atomic E-state index is 0.116. The van der Waals surface area contributed by atoms with Crippen LogP contribution in [0.4, 0.5) is 4.39 Å². The second kappa shape index (κ2) is 4.97. The lowest BCUT2D eigenvalue weighted by Crippen LogP contribution is -2.25. The van der Waals surface area contributed by atoms with Gasteiger partial charge in [-0.2, -0.15) is 0 Å². The van der Waals surface area contributed by atoms with Crippen molar-refractivity contribution in [1.29, 1.82) is 0 Å². The van der Waals surface area contributed by atoms with Crippen LogP contribution in [0.3, 0.4) is 0 Å². The van der Waals surface area contributed by atoms with Crippen LogP contribution in [0.1, 0.15) is 23.6 Å². The van der Waals surface area contributed by atoms with Gasteiger partial charge < -0.3 is 9.84 Å². The third-order valence-corrected chi connectivity index (χ3v) is 3.12. The van der Waals surface area contributed by atoms with Crippen molar-refractivity contribution in [2.45, 2.75) is 19.4 Å². The smallest absolute Gasteiger partial charge is 0.133 e. The summed E-state index contributed by atoms with van der Waals surface area (Å²) in [5.74, 6) is -0.197. The summed E-state index contributed by atoms with van der Waals surface area (Å²) < 4.78 is 19.2. The standard InChI is InChI=1S/C15H16FNO2/c1-10-7-11(9-17-8-10)15(2,18)14-12(16)5-4-6-13(14)19-3/h4-9,18H,1-3H3. The summed E-state index contributed by atoms with van der Waals surface area (Å²) in [7, 11) is 1.45. The molecule has 1 aromatic heterocycles. The molecule has 0 amide bonds. The van der Waals surface area contributed by atoms with Gasteiger partial charge in [-0.15, -0.1) is 0 Å². The van der Waals surface area contributed by atoms with Gasteiger partial charge in [0, 0.05) is 18.0 Å². The van der Waals surface area contributed by atoms with Gasteiger partial charge in [0.2, 0.25) is 0 Å². The van der Waals surface area contributed by atoms with E-state index in [1.807, 2.05) is 6.92 Å². The van der Waals surface area contributed by atoms with E-state index in [1.54, 1.807) is 24.4 Å². The third kappa shape index (κ3) is 2.44. The lowest BCUT2D eigenvalue weighted by Gasteiger charge is -2.26. The van der Waals surface area contributed by atoms with E-state index in [2.05, 4.69) is 4.98 Å². The Bertz CT molecular complexity index is 596. The van der Waals surface area contributed by atoms with E-state index in [-0.39, 0.29) is 5.56 Å². The number of nitrogens with zero attached hydrogens (tertiary/aromatic N) is 1. The molecule has 0 aliphatic carbocycles. The number of halogens is 1. The van der Waals surface area contributed by atoms with Crippen molar-refractivity contribution < 1.29 is 14.2 Å². The predicted molar refractivity (Wildman–Crippen MR) is 70.6 cm³/mol. The Hall–Kier alpha value is -1.94. The maximum atomic E-state index is 14.1. The Kier molecular flexibility index (Phi) is 3.53. The molecule has 100 valence electrons. The first-order valence-corrected chi connectivity index (χ1v) is 5.94. The van der Waals surface area contributed by atoms with Crippen molar-refractivity contribution in [2.75, 3.05) is 7.11 Å². The minimum Gasteiger partial charge on any atom is -0.496 e. The first kappa shape index (κ1) is 13.5. The molecule has 1 N–H and O–H groups in total. The summed E-state index contributed by atoms with van der Waals surface area (Å²) in [5.41, 5.74) is 0.0317. The van der Waals surface area contributed by atoms with E-state index in [9.17, 15) is 9.50 Å². The van der Waals surface area contributed by atoms with Gasteiger partial charge in [0.05, 0.1) is 12.7 Å². The predicted octanol–water partition coefficient (Wildman–Crippen LogP) is 2.79. The number of aromatic nitrogens is 1. The van der Waals surface area contributed by atoms with E-state index in [1.165, 1.54) is 26.3 Å². The van der Waals surface area contributed by atoms with Gasteiger partial charge in [-0.1, -0.05) is 6.07 Å². The molecule has 0 saturated heterocycles. The SMILES string of the molecule is COc1cccc(F)c1C(C)(O)c1cncc(C)c1. The number of rotatable bonds is 3. The molecule has 0 bridgehead atoms. The Balaban J connectivity index is 2.62. The number of aliphatic hydroxyl groups is 1. The fourth-order valence-electron chi connectivity index (χ4n) is 2.11. The summed E-state index contributed by atoms with van der Waals surface area (Å²) in [6, 6.07) is 6.24. The number of aryl methyl sites for hydroxylation is 1. The van der Waals surface area contributed by atoms with Gasteiger partial charge in [-0.3, -0.25) is 4.98 Å². The van der Waals surface area contributed by atoms with Gasteiger partial charge in [-0.25, -0.2) is 4.39 Å². The third-order valence-electron chi connectivity index (χ3n) is 3.12. The van der Waals surface area contributed by atoms with E-state index in [0.717, 1.165) is 5.56 Å². The molecule has 19 heavy (non-hydrogen) atoms. The molecule has 2 aromatic rings. The Labute approximate surface area is 111 Å². The van der Waals surface area contributed by atoms with Crippen molar-refractivity contribution in [3.63, 3.8) is 0 Å². The van der Waals surface area contributed by atoms with E-state index in [0.29, 0.717) is 11.3 Å². The Morgan fingerprint density at radius 2 is 2.05 bits per heavy atom. The average Bonchev–Trinajstić information content (AvgIpc) is 2.38. The van der Waals surface area contributed by atoms with Crippen LogP contribution in [-0.4, -0.2) is 17.2 Å². The minimum atomic E-state index is -1.50. The summed E-state index contributed by atoms with van der Waals surface area (Å²) in [6.07, 6.45) is 3.21. The molecular formula is C15H16FNO2. The zero-order valence-electron chi connectivity index (χ0n) is 11.1. The molecule has 0 aliphatic heterocycles. The zero-order valence-corrected chi connectivity index (χ0v) is 11.1. The molecule has 1 atom stereocenters. The van der Waals surface area contributed by atoms with E-state index >= 15 is 0 Å². The summed E-state index contributed by atoms with van der Waals surface area (Å²) in [6.45, 7) is 3.40. The molecular weight excluding hydrogens is 245 g/mol. The molecule has 1 aromatic carbocycles. The van der Waals surface area contributed by atoms with Crippen LogP contribution in [0, 0.1) is 12.7 Å². The second-order valence-electron chi connectivity index (χ2n) is 4.64. The molecule has 2 rings (SSSR count). The largest absolute Gasteiger partial charge is 0.496 e. The quantitative estimate of drug-likeness (QED) is 0.923. The normalized spacial score (nSPS) is 13.9. The molecule has 1 unspecified atom stereocenters. The topological polar surface area (TPSA) is 42.4 Å². The summed E-state index contributed by atoms with van der Waals surface area (Å²) in [5, 5.41) is 10.7. The first-order valence-electron chi connectivity index (χ1n) is 5.94. The fraction of sp³-hybridized carbons (Fsp3) is 0.267. The van der Waals surface area contributed by atoms with E-state index in [4.69, 9.17) is 4.74 Å². The highest BCUT2D eigenvalue weighted by Gasteiger charge is 2.32. The lowest BCUT2D eigenvalue weighted by molar-refractivity contribution is 0.0940.